The van der Waals surface area contributed by atoms with E-state index in [4.69, 9.17) is 16.7 Å². The predicted octanol–water partition coefficient (Wildman–Crippen LogP) is 2.86. The third kappa shape index (κ3) is 2.79. The molecule has 7 heteroatoms. The molecular weight excluding hydrogens is 249 g/mol. The lowest BCUT2D eigenvalue weighted by Gasteiger charge is -2.09. The minimum Gasteiger partial charge on any atom is -0.478 e. The molecule has 0 aliphatic heterocycles. The monoisotopic (exact) mass is 254 g/mol. The SMILES string of the molecule is O=C(O)c1c(F)cc(OC(F)F)cc1CCl. The number of aromatic carboxylic acids is 1. The lowest BCUT2D eigenvalue weighted by atomic mass is 10.1. The van der Waals surface area contributed by atoms with Gasteiger partial charge in [0.15, 0.2) is 0 Å². The molecule has 0 fully saturated rings. The Kier molecular flexibility index (Phi) is 4.00. The second-order valence-corrected chi connectivity index (χ2v) is 3.02. The van der Waals surface area contributed by atoms with Crippen molar-refractivity contribution in [3.05, 3.63) is 29.1 Å². The first-order valence-corrected chi connectivity index (χ1v) is 4.55. The number of halogens is 4. The highest BCUT2D eigenvalue weighted by Crippen LogP contribution is 2.24. The Labute approximate surface area is 93.4 Å². The molecule has 0 bridgehead atoms. The summed E-state index contributed by atoms with van der Waals surface area (Å²) in [6, 6.07) is 1.54. The fraction of sp³-hybridized carbons (Fsp3) is 0.222. The van der Waals surface area contributed by atoms with Crippen LogP contribution in [0.25, 0.3) is 0 Å². The molecule has 0 spiro atoms. The van der Waals surface area contributed by atoms with Gasteiger partial charge in [-0.3, -0.25) is 0 Å². The Morgan fingerprint density at radius 3 is 2.56 bits per heavy atom. The first-order chi connectivity index (χ1) is 7.45. The lowest BCUT2D eigenvalue weighted by Crippen LogP contribution is -2.08. The van der Waals surface area contributed by atoms with Crippen molar-refractivity contribution >= 4 is 17.6 Å². The van der Waals surface area contributed by atoms with Crippen molar-refractivity contribution in [2.75, 3.05) is 0 Å². The van der Waals surface area contributed by atoms with Crippen LogP contribution >= 0.6 is 11.6 Å². The summed E-state index contributed by atoms with van der Waals surface area (Å²) in [6.07, 6.45) is 0. The molecule has 1 N–H and O–H groups in total. The van der Waals surface area contributed by atoms with E-state index >= 15 is 0 Å². The van der Waals surface area contributed by atoms with E-state index in [9.17, 15) is 18.0 Å². The quantitative estimate of drug-likeness (QED) is 0.841. The van der Waals surface area contributed by atoms with E-state index in [1.807, 2.05) is 0 Å². The van der Waals surface area contributed by atoms with Crippen LogP contribution in [0.3, 0.4) is 0 Å². The zero-order valence-electron chi connectivity index (χ0n) is 7.71. The van der Waals surface area contributed by atoms with Gasteiger partial charge in [-0.25, -0.2) is 9.18 Å². The summed E-state index contributed by atoms with van der Waals surface area (Å²) >= 11 is 5.38. The molecule has 1 aromatic carbocycles. The molecule has 16 heavy (non-hydrogen) atoms. The summed E-state index contributed by atoms with van der Waals surface area (Å²) in [5.41, 5.74) is -0.763. The van der Waals surface area contributed by atoms with Crippen LogP contribution in [0.1, 0.15) is 15.9 Å². The lowest BCUT2D eigenvalue weighted by molar-refractivity contribution is -0.0500. The Bertz CT molecular complexity index is 409. The van der Waals surface area contributed by atoms with E-state index < -0.39 is 29.7 Å². The zero-order chi connectivity index (χ0) is 12.3. The van der Waals surface area contributed by atoms with Gasteiger partial charge in [0.05, 0.1) is 5.56 Å². The van der Waals surface area contributed by atoms with Crippen molar-refractivity contribution in [2.45, 2.75) is 12.5 Å². The van der Waals surface area contributed by atoms with Crippen molar-refractivity contribution in [1.82, 2.24) is 0 Å². The van der Waals surface area contributed by atoms with Crippen LogP contribution < -0.4 is 4.74 Å². The Morgan fingerprint density at radius 2 is 2.12 bits per heavy atom. The van der Waals surface area contributed by atoms with Crippen molar-refractivity contribution < 1.29 is 27.8 Å². The topological polar surface area (TPSA) is 46.5 Å². The third-order valence-electron chi connectivity index (χ3n) is 1.73. The number of ether oxygens (including phenoxy) is 1. The molecule has 0 unspecified atom stereocenters. The van der Waals surface area contributed by atoms with Crippen LogP contribution in [-0.2, 0) is 5.88 Å². The van der Waals surface area contributed by atoms with Crippen molar-refractivity contribution in [1.29, 1.82) is 0 Å². The van der Waals surface area contributed by atoms with Gasteiger partial charge in [0.1, 0.15) is 11.6 Å². The summed E-state index contributed by atoms with van der Waals surface area (Å²) in [5.74, 6) is -3.47. The van der Waals surface area contributed by atoms with Gasteiger partial charge in [-0.1, -0.05) is 0 Å². The highest BCUT2D eigenvalue weighted by molar-refractivity contribution is 6.17. The fourth-order valence-electron chi connectivity index (χ4n) is 1.15. The van der Waals surface area contributed by atoms with Crippen LogP contribution in [-0.4, -0.2) is 17.7 Å². The number of hydrogen-bond acceptors (Lipinski definition) is 2. The van der Waals surface area contributed by atoms with Crippen LogP contribution in [0.5, 0.6) is 5.75 Å². The molecule has 0 heterocycles. The maximum atomic E-state index is 13.2. The first-order valence-electron chi connectivity index (χ1n) is 4.02. The summed E-state index contributed by atoms with van der Waals surface area (Å²) in [6.45, 7) is -3.11. The number of carbonyl (C=O) groups is 1. The van der Waals surface area contributed by atoms with Gasteiger partial charge in [-0.2, -0.15) is 8.78 Å². The zero-order valence-corrected chi connectivity index (χ0v) is 8.47. The summed E-state index contributed by atoms with van der Waals surface area (Å²) < 4.78 is 40.9. The molecule has 1 rings (SSSR count). The van der Waals surface area contributed by atoms with Gasteiger partial charge in [0.25, 0.3) is 0 Å². The molecule has 3 nitrogen and oxygen atoms in total. The molecule has 0 aromatic heterocycles. The maximum absolute atomic E-state index is 13.2. The number of carboxylic acids is 1. The minimum absolute atomic E-state index is 0.121. The number of rotatable bonds is 4. The average molecular weight is 255 g/mol. The largest absolute Gasteiger partial charge is 0.478 e. The first kappa shape index (κ1) is 12.6. The fourth-order valence-corrected chi connectivity index (χ4v) is 1.36. The second kappa shape index (κ2) is 5.07. The van der Waals surface area contributed by atoms with E-state index in [-0.39, 0.29) is 11.4 Å². The van der Waals surface area contributed by atoms with Crippen molar-refractivity contribution in [2.24, 2.45) is 0 Å². The summed E-state index contributed by atoms with van der Waals surface area (Å²) in [7, 11) is 0. The van der Waals surface area contributed by atoms with E-state index in [2.05, 4.69) is 4.74 Å². The average Bonchev–Trinajstić information content (AvgIpc) is 2.14. The highest BCUT2D eigenvalue weighted by atomic mass is 35.5. The van der Waals surface area contributed by atoms with Crippen molar-refractivity contribution in [3.8, 4) is 5.75 Å². The highest BCUT2D eigenvalue weighted by Gasteiger charge is 2.18. The molecule has 88 valence electrons. The maximum Gasteiger partial charge on any atom is 0.387 e. The summed E-state index contributed by atoms with van der Waals surface area (Å²) in [5, 5.41) is 8.66. The molecule has 0 aliphatic rings. The molecule has 0 saturated heterocycles. The molecular formula is C9H6ClF3O3. The van der Waals surface area contributed by atoms with Gasteiger partial charge in [-0.15, -0.1) is 11.6 Å². The summed E-state index contributed by atoms with van der Waals surface area (Å²) in [4.78, 5) is 10.6. The Morgan fingerprint density at radius 1 is 1.50 bits per heavy atom. The van der Waals surface area contributed by atoms with Crippen molar-refractivity contribution in [3.63, 3.8) is 0 Å². The predicted molar refractivity (Wildman–Crippen MR) is 49.5 cm³/mol. The number of hydrogen-bond donors (Lipinski definition) is 1. The molecule has 0 atom stereocenters. The normalized spacial score (nSPS) is 10.6. The molecule has 1 aromatic rings. The van der Waals surface area contributed by atoms with Gasteiger partial charge in [-0.05, 0) is 11.6 Å². The van der Waals surface area contributed by atoms with Gasteiger partial charge in [0.2, 0.25) is 0 Å². The second-order valence-electron chi connectivity index (χ2n) is 2.76. The van der Waals surface area contributed by atoms with Crippen LogP contribution in [0.2, 0.25) is 0 Å². The Hall–Kier alpha value is -1.43. The standard InChI is InChI=1S/C9H6ClF3O3/c10-3-4-1-5(16-9(12)13)2-6(11)7(4)8(14)15/h1-2,9H,3H2,(H,14,15). The minimum atomic E-state index is -3.11. The van der Waals surface area contributed by atoms with E-state index in [0.29, 0.717) is 6.07 Å². The van der Waals surface area contributed by atoms with Crippen LogP contribution in [0.4, 0.5) is 13.2 Å². The smallest absolute Gasteiger partial charge is 0.387 e. The van der Waals surface area contributed by atoms with Gasteiger partial charge < -0.3 is 9.84 Å². The molecule has 0 saturated carbocycles. The van der Waals surface area contributed by atoms with Crippen LogP contribution in [0.15, 0.2) is 12.1 Å². The Balaban J connectivity index is 3.21. The number of carboxylic acid groups (broad SMARTS) is 1. The van der Waals surface area contributed by atoms with E-state index in [1.54, 1.807) is 0 Å². The molecule has 0 amide bonds. The van der Waals surface area contributed by atoms with Crippen LogP contribution in [0, 0.1) is 5.82 Å². The number of alkyl halides is 3. The molecule has 0 aliphatic carbocycles. The third-order valence-corrected chi connectivity index (χ3v) is 2.02. The van der Waals surface area contributed by atoms with Gasteiger partial charge >= 0.3 is 12.6 Å². The van der Waals surface area contributed by atoms with Gasteiger partial charge in [0, 0.05) is 11.9 Å². The van der Waals surface area contributed by atoms with E-state index in [0.717, 1.165) is 6.07 Å². The number of benzene rings is 1. The van der Waals surface area contributed by atoms with E-state index in [1.165, 1.54) is 0 Å². The molecule has 0 radical (unpaired) electrons.